The van der Waals surface area contributed by atoms with E-state index in [4.69, 9.17) is 9.47 Å². The van der Waals surface area contributed by atoms with Crippen LogP contribution in [0.15, 0.2) is 36.0 Å². The van der Waals surface area contributed by atoms with E-state index >= 15 is 0 Å². The molecule has 0 spiro atoms. The topological polar surface area (TPSA) is 99.4 Å². The number of rotatable bonds is 8. The van der Waals surface area contributed by atoms with Gasteiger partial charge in [0.05, 0.1) is 12.7 Å². The standard InChI is InChI=1S/C34H54O6/c1-6-21(19(2)3)8-7-20(4)24-11-12-26-25(24)13-14-28-27(26)10-9-22-17-23(15-16-34(22,28)5)39-33-32(38)31(37)30(36)29(18-35)40-33/h7-8,10,20-26,28-33,35-38H,2,6,9,11-18H2,1,3-5H3/b8-7+/t20-,21-,22-,23+,24-,25+,26+,28+,29-,30+,31-,32+,33-,34+/m1/s1. The van der Waals surface area contributed by atoms with Gasteiger partial charge in [0, 0.05) is 0 Å². The highest BCUT2D eigenvalue weighted by atomic mass is 16.7. The van der Waals surface area contributed by atoms with Gasteiger partial charge in [-0.05, 0) is 112 Å². The van der Waals surface area contributed by atoms with Gasteiger partial charge in [-0.3, -0.25) is 0 Å². The first-order valence-corrected chi connectivity index (χ1v) is 16.1. The first-order valence-electron chi connectivity index (χ1n) is 16.1. The third-order valence-electron chi connectivity index (χ3n) is 12.0. The van der Waals surface area contributed by atoms with Gasteiger partial charge in [0.25, 0.3) is 0 Å². The normalized spacial score (nSPS) is 46.7. The molecule has 0 aromatic carbocycles. The lowest BCUT2D eigenvalue weighted by atomic mass is 9.50. The highest BCUT2D eigenvalue weighted by Gasteiger charge is 2.54. The maximum Gasteiger partial charge on any atom is 0.186 e. The van der Waals surface area contributed by atoms with Gasteiger partial charge in [0.2, 0.25) is 0 Å². The van der Waals surface area contributed by atoms with Crippen molar-refractivity contribution in [3.63, 3.8) is 0 Å². The lowest BCUT2D eigenvalue weighted by Gasteiger charge is -2.56. The minimum Gasteiger partial charge on any atom is -0.394 e. The van der Waals surface area contributed by atoms with E-state index in [0.717, 1.165) is 49.9 Å². The molecule has 1 saturated heterocycles. The van der Waals surface area contributed by atoms with Gasteiger partial charge >= 0.3 is 0 Å². The monoisotopic (exact) mass is 558 g/mol. The van der Waals surface area contributed by atoms with Crippen LogP contribution in [0.25, 0.3) is 0 Å². The quantitative estimate of drug-likeness (QED) is 0.308. The first-order chi connectivity index (χ1) is 19.1. The van der Waals surface area contributed by atoms with Crippen LogP contribution in [0.2, 0.25) is 0 Å². The number of aliphatic hydroxyl groups is 4. The maximum absolute atomic E-state index is 10.5. The second kappa shape index (κ2) is 12.3. The van der Waals surface area contributed by atoms with E-state index in [1.165, 1.54) is 31.3 Å². The highest BCUT2D eigenvalue weighted by molar-refractivity contribution is 5.26. The van der Waals surface area contributed by atoms with Crippen LogP contribution in [0, 0.1) is 46.8 Å². The summed E-state index contributed by atoms with van der Waals surface area (Å²) in [6.45, 7) is 13.1. The van der Waals surface area contributed by atoms with Crippen LogP contribution in [0.1, 0.15) is 85.5 Å². The van der Waals surface area contributed by atoms with Gasteiger partial charge in [-0.25, -0.2) is 0 Å². The van der Waals surface area contributed by atoms with Crippen LogP contribution in [0.5, 0.6) is 0 Å². The summed E-state index contributed by atoms with van der Waals surface area (Å²) in [7, 11) is 0. The van der Waals surface area contributed by atoms with Gasteiger partial charge in [0.15, 0.2) is 6.29 Å². The zero-order valence-corrected chi connectivity index (χ0v) is 25.1. The molecule has 5 aliphatic rings. The minimum absolute atomic E-state index is 0.0690. The van der Waals surface area contributed by atoms with Crippen LogP contribution >= 0.6 is 0 Å². The van der Waals surface area contributed by atoms with E-state index in [1.807, 2.05) is 0 Å². The highest BCUT2D eigenvalue weighted by Crippen LogP contribution is 2.62. The summed E-state index contributed by atoms with van der Waals surface area (Å²) < 4.78 is 11.9. The Labute approximate surface area is 241 Å². The van der Waals surface area contributed by atoms with Crippen LogP contribution in [-0.2, 0) is 9.47 Å². The van der Waals surface area contributed by atoms with Crippen molar-refractivity contribution in [2.24, 2.45) is 46.8 Å². The summed E-state index contributed by atoms with van der Waals surface area (Å²) in [5.41, 5.74) is 3.29. The average Bonchev–Trinajstić information content (AvgIpc) is 3.38. The Bertz CT molecular complexity index is 958. The molecule has 3 saturated carbocycles. The Morgan fingerprint density at radius 2 is 1.90 bits per heavy atom. The summed E-state index contributed by atoms with van der Waals surface area (Å²) in [6, 6.07) is 0. The van der Waals surface area contributed by atoms with E-state index in [9.17, 15) is 20.4 Å². The lowest BCUT2D eigenvalue weighted by Crippen LogP contribution is -2.60. The number of fused-ring (bicyclic) bond motifs is 5. The van der Waals surface area contributed by atoms with E-state index in [1.54, 1.807) is 5.57 Å². The second-order valence-corrected chi connectivity index (χ2v) is 14.1. The molecule has 0 unspecified atom stereocenters. The molecular weight excluding hydrogens is 504 g/mol. The Hall–Kier alpha value is -1.02. The zero-order chi connectivity index (χ0) is 28.8. The number of ether oxygens (including phenoxy) is 2. The van der Waals surface area contributed by atoms with Gasteiger partial charge < -0.3 is 29.9 Å². The molecule has 6 nitrogen and oxygen atoms in total. The Balaban J connectivity index is 1.23. The van der Waals surface area contributed by atoms with Crippen molar-refractivity contribution in [2.45, 2.75) is 122 Å². The Morgan fingerprint density at radius 1 is 1.12 bits per heavy atom. The molecule has 0 aromatic rings. The van der Waals surface area contributed by atoms with Crippen LogP contribution in [0.3, 0.4) is 0 Å². The third kappa shape index (κ3) is 5.54. The van der Waals surface area contributed by atoms with Gasteiger partial charge in [-0.2, -0.15) is 0 Å². The molecule has 14 atom stereocenters. The Kier molecular flexibility index (Phi) is 9.36. The average molecular weight is 559 g/mol. The van der Waals surface area contributed by atoms with Crippen molar-refractivity contribution in [2.75, 3.05) is 6.61 Å². The van der Waals surface area contributed by atoms with Crippen molar-refractivity contribution in [3.8, 4) is 0 Å². The third-order valence-corrected chi connectivity index (χ3v) is 12.0. The number of hydrogen-bond acceptors (Lipinski definition) is 6. The summed E-state index contributed by atoms with van der Waals surface area (Å²) in [4.78, 5) is 0. The van der Waals surface area contributed by atoms with Gasteiger partial charge in [0.1, 0.15) is 24.4 Å². The first kappa shape index (κ1) is 30.4. The molecule has 0 aromatic heterocycles. The maximum atomic E-state index is 10.5. The molecule has 0 radical (unpaired) electrons. The number of hydrogen-bond donors (Lipinski definition) is 4. The van der Waals surface area contributed by atoms with Crippen molar-refractivity contribution >= 4 is 0 Å². The van der Waals surface area contributed by atoms with Gasteiger partial charge in [-0.1, -0.05) is 56.7 Å². The zero-order valence-electron chi connectivity index (χ0n) is 25.1. The second-order valence-electron chi connectivity index (χ2n) is 14.1. The molecule has 5 rings (SSSR count). The molecule has 4 fully saturated rings. The van der Waals surface area contributed by atoms with Crippen molar-refractivity contribution in [3.05, 3.63) is 36.0 Å². The van der Waals surface area contributed by atoms with Crippen molar-refractivity contribution in [1.29, 1.82) is 0 Å². The van der Waals surface area contributed by atoms with E-state index < -0.39 is 37.3 Å². The molecule has 0 amide bonds. The van der Waals surface area contributed by atoms with Crippen molar-refractivity contribution < 1.29 is 29.9 Å². The Morgan fingerprint density at radius 3 is 2.60 bits per heavy atom. The van der Waals surface area contributed by atoms with E-state index in [0.29, 0.717) is 23.7 Å². The van der Waals surface area contributed by atoms with E-state index in [-0.39, 0.29) is 11.5 Å². The molecule has 4 aliphatic carbocycles. The van der Waals surface area contributed by atoms with Crippen molar-refractivity contribution in [1.82, 2.24) is 0 Å². The summed E-state index contributed by atoms with van der Waals surface area (Å²) in [5, 5.41) is 40.3. The molecule has 226 valence electrons. The molecule has 40 heavy (non-hydrogen) atoms. The van der Waals surface area contributed by atoms with Gasteiger partial charge in [-0.15, -0.1) is 0 Å². The fourth-order valence-corrected chi connectivity index (χ4v) is 9.45. The molecule has 0 bridgehead atoms. The van der Waals surface area contributed by atoms with Crippen LogP contribution < -0.4 is 0 Å². The van der Waals surface area contributed by atoms with Crippen LogP contribution in [-0.4, -0.2) is 63.8 Å². The SMILES string of the molecule is C=C(C)[C@@H](/C=C/[C@@H](C)[C@H]1CC[C@@H]2C3=CC[C@@H]4C[C@@H](O[C@@H]5O[C@H](CO)[C@H](O)[C@@H](O)[C@@H]5O)CC[C@]4(C)[C@H]3CC[C@@H]12)CC. The lowest BCUT2D eigenvalue weighted by molar-refractivity contribution is -0.315. The molecule has 1 aliphatic heterocycles. The predicted molar refractivity (Wildman–Crippen MR) is 156 cm³/mol. The fourth-order valence-electron chi connectivity index (χ4n) is 9.45. The summed E-state index contributed by atoms with van der Waals surface area (Å²) in [5.74, 6) is 4.60. The minimum atomic E-state index is -1.40. The largest absolute Gasteiger partial charge is 0.394 e. The predicted octanol–water partition coefficient (Wildman–Crippen LogP) is 5.16. The van der Waals surface area contributed by atoms with Crippen LogP contribution in [0.4, 0.5) is 0 Å². The number of allylic oxidation sites excluding steroid dienone is 5. The molecule has 6 heteroatoms. The van der Waals surface area contributed by atoms with E-state index in [2.05, 4.69) is 52.5 Å². The molecule has 1 heterocycles. The summed E-state index contributed by atoms with van der Waals surface area (Å²) >= 11 is 0. The molecular formula is C34H54O6. The summed E-state index contributed by atoms with van der Waals surface area (Å²) in [6.07, 6.45) is 11.8. The number of aliphatic hydroxyl groups excluding tert-OH is 4. The fraction of sp³-hybridized carbons (Fsp3) is 0.824. The smallest absolute Gasteiger partial charge is 0.186 e. The molecule has 4 N–H and O–H groups in total.